The first-order valence-corrected chi connectivity index (χ1v) is 9.17. The highest BCUT2D eigenvalue weighted by Crippen LogP contribution is 2.24. The maximum absolute atomic E-state index is 14.5. The van der Waals surface area contributed by atoms with Crippen LogP contribution in [0.1, 0.15) is 35.6 Å². The van der Waals surface area contributed by atoms with Gasteiger partial charge < -0.3 is 0 Å². The van der Waals surface area contributed by atoms with Crippen molar-refractivity contribution in [3.63, 3.8) is 0 Å². The molecule has 0 aromatic heterocycles. The zero-order chi connectivity index (χ0) is 19.1. The van der Waals surface area contributed by atoms with Crippen LogP contribution < -0.4 is 0 Å². The Hall–Kier alpha value is -3.07. The third-order valence-electron chi connectivity index (χ3n) is 4.35. The number of hydrogen-bond acceptors (Lipinski definition) is 2. The molecular formula is C24H23FN2. The summed E-state index contributed by atoms with van der Waals surface area (Å²) in [5.41, 5.74) is 5.61. The van der Waals surface area contributed by atoms with Gasteiger partial charge >= 0.3 is 0 Å². The summed E-state index contributed by atoms with van der Waals surface area (Å²) in [5, 5.41) is 8.04. The van der Waals surface area contributed by atoms with E-state index in [0.717, 1.165) is 24.0 Å². The highest BCUT2D eigenvalue weighted by Gasteiger charge is 2.05. The Kier molecular flexibility index (Phi) is 6.26. The van der Waals surface area contributed by atoms with Crippen molar-refractivity contribution < 1.29 is 4.39 Å². The molecule has 0 aliphatic carbocycles. The zero-order valence-corrected chi connectivity index (χ0v) is 15.7. The van der Waals surface area contributed by atoms with E-state index in [1.54, 1.807) is 18.5 Å². The van der Waals surface area contributed by atoms with E-state index in [1.807, 2.05) is 49.4 Å². The summed E-state index contributed by atoms with van der Waals surface area (Å²) in [6, 6.07) is 21.2. The van der Waals surface area contributed by atoms with Crippen LogP contribution in [0, 0.1) is 12.7 Å². The van der Waals surface area contributed by atoms with Gasteiger partial charge in [-0.3, -0.25) is 0 Å². The molecule has 0 heterocycles. The molecule has 0 saturated carbocycles. The second-order valence-electron chi connectivity index (χ2n) is 6.59. The Balaban J connectivity index is 1.69. The first kappa shape index (κ1) is 18.7. The molecule has 0 amide bonds. The molecule has 0 saturated heterocycles. The summed E-state index contributed by atoms with van der Waals surface area (Å²) in [6.45, 7) is 4.19. The highest BCUT2D eigenvalue weighted by atomic mass is 19.1. The van der Waals surface area contributed by atoms with Crippen LogP contribution in [-0.4, -0.2) is 12.4 Å². The minimum absolute atomic E-state index is 0.260. The molecule has 0 fully saturated rings. The highest BCUT2D eigenvalue weighted by molar-refractivity contribution is 5.83. The van der Waals surface area contributed by atoms with Crippen molar-refractivity contribution in [2.45, 2.75) is 26.7 Å². The van der Waals surface area contributed by atoms with E-state index in [1.165, 1.54) is 17.2 Å². The molecule has 0 atom stereocenters. The molecule has 2 nitrogen and oxygen atoms in total. The largest absolute Gasteiger partial charge is 0.206 e. The maximum atomic E-state index is 14.5. The average molecular weight is 358 g/mol. The lowest BCUT2D eigenvalue weighted by Gasteiger charge is -2.06. The predicted octanol–water partition coefficient (Wildman–Crippen LogP) is 6.21. The van der Waals surface area contributed by atoms with Crippen molar-refractivity contribution in [2.75, 3.05) is 0 Å². The molecule has 136 valence electrons. The minimum atomic E-state index is -0.260. The Morgan fingerprint density at radius 1 is 0.815 bits per heavy atom. The maximum Gasteiger partial charge on any atom is 0.131 e. The fourth-order valence-corrected chi connectivity index (χ4v) is 2.84. The van der Waals surface area contributed by atoms with Crippen LogP contribution in [0.25, 0.3) is 11.1 Å². The van der Waals surface area contributed by atoms with Gasteiger partial charge in [0.1, 0.15) is 5.82 Å². The molecule has 0 bridgehead atoms. The third kappa shape index (κ3) is 5.20. The molecule has 0 aliphatic rings. The molecular weight excluding hydrogens is 335 g/mol. The predicted molar refractivity (Wildman–Crippen MR) is 112 cm³/mol. The van der Waals surface area contributed by atoms with Gasteiger partial charge in [-0.2, -0.15) is 10.2 Å². The lowest BCUT2D eigenvalue weighted by atomic mass is 10.0. The van der Waals surface area contributed by atoms with Crippen molar-refractivity contribution in [1.29, 1.82) is 0 Å². The second-order valence-corrected chi connectivity index (χ2v) is 6.59. The summed E-state index contributed by atoms with van der Waals surface area (Å²) in [7, 11) is 0. The van der Waals surface area contributed by atoms with Crippen molar-refractivity contribution in [3.8, 4) is 11.1 Å². The number of halogens is 1. The standard InChI is InChI=1S/C24H23FN2/c1-3-4-19-9-12-22(13-10-19)23-14-11-21(15-24(23)25)17-27-26-16-20-7-5-18(2)6-8-20/h5-17H,3-4H2,1-2H3. The Labute approximate surface area is 160 Å². The number of rotatable bonds is 6. The Bertz CT molecular complexity index is 939. The SMILES string of the molecule is CCCc1ccc(-c2ccc(C=NN=Cc3ccc(C)cc3)cc2F)cc1. The van der Waals surface area contributed by atoms with Gasteiger partial charge in [-0.1, -0.05) is 79.6 Å². The van der Waals surface area contributed by atoms with Gasteiger partial charge in [0.2, 0.25) is 0 Å². The first-order valence-electron chi connectivity index (χ1n) is 9.17. The molecule has 3 heteroatoms. The summed E-state index contributed by atoms with van der Waals surface area (Å²) in [4.78, 5) is 0. The van der Waals surface area contributed by atoms with Gasteiger partial charge in [0.25, 0.3) is 0 Å². The van der Waals surface area contributed by atoms with Crippen LogP contribution in [-0.2, 0) is 6.42 Å². The number of aryl methyl sites for hydroxylation is 2. The quantitative estimate of drug-likeness (QED) is 0.370. The minimum Gasteiger partial charge on any atom is -0.206 e. The van der Waals surface area contributed by atoms with Gasteiger partial charge in [0, 0.05) is 5.56 Å². The van der Waals surface area contributed by atoms with E-state index in [0.29, 0.717) is 11.1 Å². The normalized spacial score (nSPS) is 11.5. The molecule has 0 N–H and O–H groups in total. The lowest BCUT2D eigenvalue weighted by Crippen LogP contribution is -1.89. The summed E-state index contributed by atoms with van der Waals surface area (Å²) in [5.74, 6) is -0.260. The topological polar surface area (TPSA) is 24.7 Å². The summed E-state index contributed by atoms with van der Waals surface area (Å²) < 4.78 is 14.5. The third-order valence-corrected chi connectivity index (χ3v) is 4.35. The summed E-state index contributed by atoms with van der Waals surface area (Å²) in [6.07, 6.45) is 5.38. The van der Waals surface area contributed by atoms with Crippen LogP contribution in [0.4, 0.5) is 4.39 Å². The molecule has 3 aromatic carbocycles. The van der Waals surface area contributed by atoms with Crippen molar-refractivity contribution >= 4 is 12.4 Å². The Morgan fingerprint density at radius 3 is 2.07 bits per heavy atom. The number of nitrogens with zero attached hydrogens (tertiary/aromatic N) is 2. The van der Waals surface area contributed by atoms with Crippen LogP contribution in [0.2, 0.25) is 0 Å². The van der Waals surface area contributed by atoms with Crippen LogP contribution in [0.5, 0.6) is 0 Å². The molecule has 0 spiro atoms. The smallest absolute Gasteiger partial charge is 0.131 e. The lowest BCUT2D eigenvalue weighted by molar-refractivity contribution is 0.631. The van der Waals surface area contributed by atoms with Crippen LogP contribution in [0.15, 0.2) is 76.9 Å². The molecule has 0 unspecified atom stereocenters. The van der Waals surface area contributed by atoms with Crippen LogP contribution in [0.3, 0.4) is 0 Å². The number of hydrogen-bond donors (Lipinski definition) is 0. The van der Waals surface area contributed by atoms with Gasteiger partial charge in [-0.05, 0) is 41.7 Å². The van der Waals surface area contributed by atoms with Gasteiger partial charge in [-0.25, -0.2) is 4.39 Å². The zero-order valence-electron chi connectivity index (χ0n) is 15.7. The van der Waals surface area contributed by atoms with Crippen molar-refractivity contribution in [1.82, 2.24) is 0 Å². The van der Waals surface area contributed by atoms with E-state index >= 15 is 0 Å². The van der Waals surface area contributed by atoms with Gasteiger partial charge in [-0.15, -0.1) is 0 Å². The fraction of sp³-hybridized carbons (Fsp3) is 0.167. The molecule has 3 aromatic rings. The molecule has 3 rings (SSSR count). The number of benzene rings is 3. The second kappa shape index (κ2) is 9.04. The van der Waals surface area contributed by atoms with Gasteiger partial charge in [0.05, 0.1) is 12.4 Å². The van der Waals surface area contributed by atoms with Crippen molar-refractivity contribution in [2.24, 2.45) is 10.2 Å². The average Bonchev–Trinajstić information content (AvgIpc) is 2.68. The fourth-order valence-electron chi connectivity index (χ4n) is 2.84. The van der Waals surface area contributed by atoms with Gasteiger partial charge in [0.15, 0.2) is 0 Å². The molecule has 27 heavy (non-hydrogen) atoms. The molecule has 0 aliphatic heterocycles. The monoisotopic (exact) mass is 358 g/mol. The van der Waals surface area contributed by atoms with Crippen LogP contribution >= 0.6 is 0 Å². The van der Waals surface area contributed by atoms with E-state index < -0.39 is 0 Å². The van der Waals surface area contributed by atoms with E-state index in [9.17, 15) is 4.39 Å². The van der Waals surface area contributed by atoms with E-state index in [4.69, 9.17) is 0 Å². The van der Waals surface area contributed by atoms with E-state index in [-0.39, 0.29) is 5.82 Å². The summed E-state index contributed by atoms with van der Waals surface area (Å²) >= 11 is 0. The van der Waals surface area contributed by atoms with Crippen molar-refractivity contribution in [3.05, 3.63) is 94.8 Å². The van der Waals surface area contributed by atoms with E-state index in [2.05, 4.69) is 29.3 Å². The first-order chi connectivity index (χ1) is 13.2. The Morgan fingerprint density at radius 2 is 1.44 bits per heavy atom. The molecule has 0 radical (unpaired) electrons.